The third-order valence-electron chi connectivity index (χ3n) is 4.89. The lowest BCUT2D eigenvalue weighted by Gasteiger charge is -2.10. The van der Waals surface area contributed by atoms with E-state index < -0.39 is 0 Å². The Bertz CT molecular complexity index is 1330. The van der Waals surface area contributed by atoms with Gasteiger partial charge in [-0.15, -0.1) is 0 Å². The van der Waals surface area contributed by atoms with Gasteiger partial charge in [0, 0.05) is 29.8 Å². The third kappa shape index (κ3) is 5.56. The molecule has 0 saturated heterocycles. The predicted molar refractivity (Wildman–Crippen MR) is 127 cm³/mol. The van der Waals surface area contributed by atoms with Crippen LogP contribution in [0.2, 0.25) is 0 Å². The van der Waals surface area contributed by atoms with Gasteiger partial charge < -0.3 is 14.8 Å². The summed E-state index contributed by atoms with van der Waals surface area (Å²) in [5, 5.41) is 8.11. The predicted octanol–water partition coefficient (Wildman–Crippen LogP) is 4.33. The Labute approximate surface area is 194 Å². The van der Waals surface area contributed by atoms with Crippen LogP contribution in [0.15, 0.2) is 59.4 Å². The van der Waals surface area contributed by atoms with E-state index in [-0.39, 0.29) is 18.1 Å². The number of ether oxygens (including phenoxy) is 2. The van der Waals surface area contributed by atoms with Crippen LogP contribution >= 0.6 is 11.3 Å². The number of hydrogen-bond donors (Lipinski definition) is 1. The lowest BCUT2D eigenvalue weighted by Crippen LogP contribution is -2.16. The van der Waals surface area contributed by atoms with Gasteiger partial charge in [-0.05, 0) is 36.8 Å². The zero-order chi connectivity index (χ0) is 23.2. The van der Waals surface area contributed by atoms with Crippen LogP contribution in [0, 0.1) is 0 Å². The van der Waals surface area contributed by atoms with Crippen LogP contribution < -0.4 is 20.3 Å². The zero-order valence-corrected chi connectivity index (χ0v) is 19.2. The number of aryl methyl sites for hydroxylation is 1. The average Bonchev–Trinajstić information content (AvgIpc) is 3.25. The maximum absolute atomic E-state index is 12.5. The first-order valence-corrected chi connectivity index (χ1v) is 11.4. The summed E-state index contributed by atoms with van der Waals surface area (Å²) in [7, 11) is 1.55. The number of fused-ring (bicyclic) bond motifs is 1. The SMILES string of the molecule is CCCCc1nn2c(=O)cc(COc3cccc(NC(=O)c4cccc(OC)c4)c3)nc2s1. The molecule has 2 aromatic heterocycles. The molecule has 1 amide bonds. The highest BCUT2D eigenvalue weighted by atomic mass is 32.1. The molecule has 1 N–H and O–H groups in total. The number of unbranched alkanes of at least 4 members (excludes halogenated alkanes) is 1. The van der Waals surface area contributed by atoms with E-state index in [1.54, 1.807) is 55.6 Å². The Balaban J connectivity index is 1.43. The van der Waals surface area contributed by atoms with Crippen molar-refractivity contribution in [1.82, 2.24) is 14.6 Å². The minimum Gasteiger partial charge on any atom is -0.497 e. The second kappa shape index (κ2) is 10.3. The van der Waals surface area contributed by atoms with Gasteiger partial charge in [0.1, 0.15) is 23.1 Å². The number of carbonyl (C=O) groups is 1. The number of aromatic nitrogens is 3. The van der Waals surface area contributed by atoms with E-state index in [1.807, 2.05) is 0 Å². The Kier molecular flexibility index (Phi) is 6.99. The van der Waals surface area contributed by atoms with Gasteiger partial charge in [-0.2, -0.15) is 9.61 Å². The molecule has 170 valence electrons. The number of hydrogen-bond acceptors (Lipinski definition) is 7. The van der Waals surface area contributed by atoms with E-state index in [1.165, 1.54) is 21.9 Å². The van der Waals surface area contributed by atoms with Crippen LogP contribution in [0.1, 0.15) is 40.8 Å². The molecule has 0 unspecified atom stereocenters. The maximum Gasteiger partial charge on any atom is 0.275 e. The highest BCUT2D eigenvalue weighted by Crippen LogP contribution is 2.21. The summed E-state index contributed by atoms with van der Waals surface area (Å²) in [4.78, 5) is 30.0. The van der Waals surface area contributed by atoms with Crippen molar-refractivity contribution in [1.29, 1.82) is 0 Å². The van der Waals surface area contributed by atoms with Gasteiger partial charge in [0.15, 0.2) is 0 Å². The Morgan fingerprint density at radius 3 is 2.76 bits per heavy atom. The van der Waals surface area contributed by atoms with Crippen molar-refractivity contribution in [2.75, 3.05) is 12.4 Å². The number of rotatable bonds is 9. The molecule has 33 heavy (non-hydrogen) atoms. The van der Waals surface area contributed by atoms with Gasteiger partial charge in [0.05, 0.1) is 12.8 Å². The lowest BCUT2D eigenvalue weighted by molar-refractivity contribution is 0.102. The van der Waals surface area contributed by atoms with Crippen molar-refractivity contribution in [2.45, 2.75) is 32.8 Å². The first kappa shape index (κ1) is 22.5. The van der Waals surface area contributed by atoms with Gasteiger partial charge >= 0.3 is 0 Å². The summed E-state index contributed by atoms with van der Waals surface area (Å²) in [6, 6.07) is 15.4. The fourth-order valence-electron chi connectivity index (χ4n) is 3.19. The molecule has 2 heterocycles. The summed E-state index contributed by atoms with van der Waals surface area (Å²) in [5.41, 5.74) is 1.38. The molecular formula is C24H24N4O4S. The van der Waals surface area contributed by atoms with Crippen molar-refractivity contribution >= 4 is 27.9 Å². The van der Waals surface area contributed by atoms with Crippen molar-refractivity contribution in [3.63, 3.8) is 0 Å². The second-order valence-corrected chi connectivity index (χ2v) is 8.42. The van der Waals surface area contributed by atoms with E-state index in [4.69, 9.17) is 9.47 Å². The molecule has 0 spiro atoms. The lowest BCUT2D eigenvalue weighted by atomic mass is 10.2. The number of amides is 1. The number of methoxy groups -OCH3 is 1. The summed E-state index contributed by atoms with van der Waals surface area (Å²) < 4.78 is 12.3. The van der Waals surface area contributed by atoms with Crippen LogP contribution in [-0.2, 0) is 13.0 Å². The largest absolute Gasteiger partial charge is 0.497 e. The van der Waals surface area contributed by atoms with Crippen LogP contribution in [-0.4, -0.2) is 27.6 Å². The normalized spacial score (nSPS) is 10.8. The van der Waals surface area contributed by atoms with Gasteiger partial charge in [-0.1, -0.05) is 36.8 Å². The quantitative estimate of drug-likeness (QED) is 0.396. The number of nitrogens with one attached hydrogen (secondary N) is 1. The highest BCUT2D eigenvalue weighted by molar-refractivity contribution is 7.16. The molecular weight excluding hydrogens is 440 g/mol. The number of benzene rings is 2. The van der Waals surface area contributed by atoms with Crippen molar-refractivity contribution in [3.8, 4) is 11.5 Å². The van der Waals surface area contributed by atoms with Gasteiger partial charge in [-0.3, -0.25) is 9.59 Å². The van der Waals surface area contributed by atoms with Gasteiger partial charge in [0.25, 0.3) is 11.5 Å². The molecule has 4 aromatic rings. The molecule has 0 radical (unpaired) electrons. The molecule has 0 aliphatic carbocycles. The fourth-order valence-corrected chi connectivity index (χ4v) is 4.15. The molecule has 9 heteroatoms. The molecule has 4 rings (SSSR count). The minimum atomic E-state index is -0.254. The molecule has 0 saturated carbocycles. The molecule has 0 aliphatic rings. The zero-order valence-electron chi connectivity index (χ0n) is 18.4. The smallest absolute Gasteiger partial charge is 0.275 e. The van der Waals surface area contributed by atoms with E-state index in [9.17, 15) is 9.59 Å². The fraction of sp³-hybridized carbons (Fsp3) is 0.250. The summed E-state index contributed by atoms with van der Waals surface area (Å²) >= 11 is 1.43. The number of carbonyl (C=O) groups excluding carboxylic acids is 1. The Morgan fingerprint density at radius 2 is 1.94 bits per heavy atom. The Hall–Kier alpha value is -3.72. The summed E-state index contributed by atoms with van der Waals surface area (Å²) in [5.74, 6) is 0.905. The molecule has 8 nitrogen and oxygen atoms in total. The Morgan fingerprint density at radius 1 is 1.12 bits per heavy atom. The topological polar surface area (TPSA) is 94.8 Å². The molecule has 2 aromatic carbocycles. The second-order valence-electron chi connectivity index (χ2n) is 7.38. The van der Waals surface area contributed by atoms with Crippen LogP contribution in [0.4, 0.5) is 5.69 Å². The summed E-state index contributed by atoms with van der Waals surface area (Å²) in [6.45, 7) is 2.24. The number of anilines is 1. The number of nitrogens with zero attached hydrogens (tertiary/aromatic N) is 3. The van der Waals surface area contributed by atoms with Gasteiger partial charge in [-0.25, -0.2) is 4.98 Å². The monoisotopic (exact) mass is 464 g/mol. The molecule has 0 fully saturated rings. The first-order chi connectivity index (χ1) is 16.1. The van der Waals surface area contributed by atoms with E-state index in [0.29, 0.717) is 33.4 Å². The van der Waals surface area contributed by atoms with Crippen LogP contribution in [0.3, 0.4) is 0 Å². The van der Waals surface area contributed by atoms with E-state index in [0.717, 1.165) is 24.3 Å². The van der Waals surface area contributed by atoms with Gasteiger partial charge in [0.2, 0.25) is 4.96 Å². The summed E-state index contributed by atoms with van der Waals surface area (Å²) in [6.07, 6.45) is 2.93. The van der Waals surface area contributed by atoms with Crippen molar-refractivity contribution in [2.24, 2.45) is 0 Å². The molecule has 0 atom stereocenters. The average molecular weight is 465 g/mol. The van der Waals surface area contributed by atoms with Crippen LogP contribution in [0.5, 0.6) is 11.5 Å². The van der Waals surface area contributed by atoms with Crippen molar-refractivity contribution in [3.05, 3.63) is 81.2 Å². The maximum atomic E-state index is 12.5. The standard InChI is InChI=1S/C24H24N4O4S/c1-3-4-11-21-27-28-22(29)14-18(26-24(28)33-21)15-32-20-10-6-8-17(13-20)25-23(30)16-7-5-9-19(12-16)31-2/h5-10,12-14H,3-4,11,15H2,1-2H3,(H,25,30). The third-order valence-corrected chi connectivity index (χ3v) is 5.86. The minimum absolute atomic E-state index is 0.126. The van der Waals surface area contributed by atoms with E-state index in [2.05, 4.69) is 22.3 Å². The highest BCUT2D eigenvalue weighted by Gasteiger charge is 2.11. The van der Waals surface area contributed by atoms with Crippen LogP contribution in [0.25, 0.3) is 4.96 Å². The molecule has 0 aliphatic heterocycles. The van der Waals surface area contributed by atoms with E-state index >= 15 is 0 Å². The van der Waals surface area contributed by atoms with Crippen molar-refractivity contribution < 1.29 is 14.3 Å². The molecule has 0 bridgehead atoms. The first-order valence-electron chi connectivity index (χ1n) is 10.6.